The number of rotatable bonds is 12. The maximum Gasteiger partial charge on any atom is 0.316 e. The molecular formula is C30H27ClN8O5S3. The van der Waals surface area contributed by atoms with Gasteiger partial charge in [0.25, 0.3) is 5.91 Å². The van der Waals surface area contributed by atoms with Crippen LogP contribution in [0.15, 0.2) is 76.7 Å². The number of carbonyl (C=O) groups excluding carboxylic acids is 4. The molecule has 3 atom stereocenters. The van der Waals surface area contributed by atoms with Gasteiger partial charge < -0.3 is 20.3 Å². The number of aryl methyl sites for hydroxylation is 1. The summed E-state index contributed by atoms with van der Waals surface area (Å²) in [5, 5.41) is 18.8. The molecule has 0 bridgehead atoms. The number of hydrogen-bond acceptors (Lipinski definition) is 12. The van der Waals surface area contributed by atoms with Crippen LogP contribution in [0.3, 0.4) is 0 Å². The molecule has 2 aromatic carbocycles. The average Bonchev–Trinajstić information content (AvgIpc) is 3.74. The fraction of sp³-hybridized carbons (Fsp3) is 0.267. The number of thioether (sulfide) groups is 2. The van der Waals surface area contributed by atoms with E-state index < -0.39 is 34.8 Å². The predicted octanol–water partition coefficient (Wildman–Crippen LogP) is 3.33. The molecule has 2 aromatic heterocycles. The Morgan fingerprint density at radius 2 is 1.87 bits per heavy atom. The van der Waals surface area contributed by atoms with Crippen molar-refractivity contribution in [1.29, 1.82) is 0 Å². The van der Waals surface area contributed by atoms with Gasteiger partial charge in [0, 0.05) is 36.0 Å². The number of aromatic nitrogens is 5. The quantitative estimate of drug-likeness (QED) is 0.0730. The summed E-state index contributed by atoms with van der Waals surface area (Å²) in [6, 6.07) is 18.1. The third-order valence-electron chi connectivity index (χ3n) is 7.67. The predicted molar refractivity (Wildman–Crippen MR) is 178 cm³/mol. The number of halogens is 1. The molecule has 242 valence electrons. The summed E-state index contributed by atoms with van der Waals surface area (Å²) in [7, 11) is 1.71. The Hall–Kier alpha value is -4.25. The number of anilines is 1. The lowest BCUT2D eigenvalue weighted by Gasteiger charge is -2.54. The van der Waals surface area contributed by atoms with Crippen molar-refractivity contribution in [3.05, 3.63) is 88.4 Å². The van der Waals surface area contributed by atoms with Gasteiger partial charge in [-0.15, -0.1) is 28.2 Å². The van der Waals surface area contributed by atoms with E-state index >= 15 is 0 Å². The van der Waals surface area contributed by atoms with Gasteiger partial charge in [-0.3, -0.25) is 19.2 Å². The van der Waals surface area contributed by atoms with Crippen LogP contribution in [0.5, 0.6) is 0 Å². The third kappa shape index (κ3) is 6.76. The van der Waals surface area contributed by atoms with Crippen LogP contribution >= 0.6 is 46.5 Å². The van der Waals surface area contributed by atoms with E-state index in [4.69, 9.17) is 16.3 Å². The zero-order chi connectivity index (χ0) is 33.0. The van der Waals surface area contributed by atoms with Crippen molar-refractivity contribution in [2.75, 3.05) is 23.4 Å². The summed E-state index contributed by atoms with van der Waals surface area (Å²) in [6.07, 6.45) is -0.185. The minimum Gasteiger partial charge on any atom is -0.452 e. The van der Waals surface area contributed by atoms with Crippen LogP contribution in [0.1, 0.15) is 22.9 Å². The van der Waals surface area contributed by atoms with E-state index in [1.165, 1.54) is 28.2 Å². The van der Waals surface area contributed by atoms with Crippen molar-refractivity contribution in [2.45, 2.75) is 22.7 Å². The SMILES string of the molecule is Cn1nnnc1SCC1(C(=O)OC(c2ccccc2)c2ccccc2)CS[C@@H]2C(NC(=O)C(=CCl)c3csc(NC=O)n3)C(=O)N2C1. The standard InChI is InChI=1S/C30H27ClN8O5S3/c1-38-29(35-36-37-38)47-16-30(27(43)44-23(18-8-4-2-5-9-18)19-10-6-3-7-11-19)14-39-25(42)22(26(39)46-15-30)34-24(41)20(12-31)21-13-45-28(33-21)32-17-40/h2-13,17,22-23,26H,14-16H2,1H3,(H,34,41)(H,32,33,40)/t22?,26-,30?/m1/s1. The van der Waals surface area contributed by atoms with Crippen LogP contribution in [0.4, 0.5) is 5.13 Å². The monoisotopic (exact) mass is 710 g/mol. The van der Waals surface area contributed by atoms with E-state index in [1.807, 2.05) is 60.7 Å². The van der Waals surface area contributed by atoms with E-state index in [2.05, 4.69) is 31.1 Å². The van der Waals surface area contributed by atoms with Crippen LogP contribution in [-0.2, 0) is 31.0 Å². The molecule has 3 amide bonds. The first kappa shape index (κ1) is 32.7. The topological polar surface area (TPSA) is 161 Å². The number of carbonyl (C=O) groups is 4. The van der Waals surface area contributed by atoms with Gasteiger partial charge in [-0.05, 0) is 21.6 Å². The second kappa shape index (κ2) is 14.3. The number of tetrazole rings is 1. The van der Waals surface area contributed by atoms with Gasteiger partial charge in [0.15, 0.2) is 11.2 Å². The maximum atomic E-state index is 14.3. The first-order valence-corrected chi connectivity index (χ1v) is 17.5. The molecule has 0 saturated carbocycles. The van der Waals surface area contributed by atoms with Crippen molar-refractivity contribution in [3.8, 4) is 0 Å². The van der Waals surface area contributed by atoms with Crippen LogP contribution in [0.25, 0.3) is 5.57 Å². The average molecular weight is 711 g/mol. The molecule has 47 heavy (non-hydrogen) atoms. The highest BCUT2D eigenvalue weighted by Gasteiger charge is 2.58. The molecule has 13 nitrogen and oxygen atoms in total. The fourth-order valence-electron chi connectivity index (χ4n) is 5.21. The number of nitrogens with one attached hydrogen (secondary N) is 2. The Bertz CT molecular complexity index is 1770. The normalized spacial score (nSPS) is 20.7. The molecule has 0 aliphatic carbocycles. The molecule has 17 heteroatoms. The number of hydrogen-bond donors (Lipinski definition) is 2. The van der Waals surface area contributed by atoms with Gasteiger partial charge in [-0.2, -0.15) is 0 Å². The summed E-state index contributed by atoms with van der Waals surface area (Å²) >= 11 is 9.80. The number of ether oxygens (including phenoxy) is 1. The Morgan fingerprint density at radius 1 is 1.17 bits per heavy atom. The maximum absolute atomic E-state index is 14.3. The van der Waals surface area contributed by atoms with Crippen molar-refractivity contribution in [1.82, 2.24) is 35.4 Å². The van der Waals surface area contributed by atoms with Crippen molar-refractivity contribution in [3.63, 3.8) is 0 Å². The molecule has 0 radical (unpaired) electrons. The first-order valence-electron chi connectivity index (χ1n) is 14.2. The number of nitrogens with zero attached hydrogens (tertiary/aromatic N) is 6. The van der Waals surface area contributed by atoms with Gasteiger partial charge in [-0.1, -0.05) is 84.0 Å². The fourth-order valence-corrected chi connectivity index (χ4v) is 8.80. The third-order valence-corrected chi connectivity index (χ3v) is 11.5. The number of amides is 3. The highest BCUT2D eigenvalue weighted by atomic mass is 35.5. The zero-order valence-corrected chi connectivity index (χ0v) is 27.9. The Morgan fingerprint density at radius 3 is 2.49 bits per heavy atom. The van der Waals surface area contributed by atoms with Crippen LogP contribution in [0, 0.1) is 5.41 Å². The molecule has 2 fully saturated rings. The minimum atomic E-state index is -1.12. The number of β-lactam (4-membered cyclic amide) rings is 1. The summed E-state index contributed by atoms with van der Waals surface area (Å²) in [5.41, 5.74) is 1.90. The smallest absolute Gasteiger partial charge is 0.316 e. The van der Waals surface area contributed by atoms with E-state index in [0.717, 1.165) is 28.0 Å². The van der Waals surface area contributed by atoms with E-state index in [0.29, 0.717) is 22.5 Å². The number of benzene rings is 2. The summed E-state index contributed by atoms with van der Waals surface area (Å²) in [5.74, 6) is -0.823. The summed E-state index contributed by atoms with van der Waals surface area (Å²) < 4.78 is 7.84. The molecule has 2 saturated heterocycles. The Balaban J connectivity index is 1.21. The lowest BCUT2D eigenvalue weighted by atomic mass is 9.88. The molecular weight excluding hydrogens is 684 g/mol. The van der Waals surface area contributed by atoms with Gasteiger partial charge >= 0.3 is 5.97 Å². The molecule has 6 rings (SSSR count). The number of fused-ring (bicyclic) bond motifs is 1. The lowest BCUT2D eigenvalue weighted by molar-refractivity contribution is -0.164. The molecule has 2 unspecified atom stereocenters. The van der Waals surface area contributed by atoms with E-state index in [1.54, 1.807) is 17.3 Å². The zero-order valence-electron chi connectivity index (χ0n) is 24.7. The molecule has 2 aliphatic rings. The molecule has 4 aromatic rings. The Kier molecular flexibility index (Phi) is 9.91. The van der Waals surface area contributed by atoms with Gasteiger partial charge in [-0.25, -0.2) is 9.67 Å². The second-order valence-corrected chi connectivity index (χ2v) is 13.8. The lowest BCUT2D eigenvalue weighted by Crippen LogP contribution is -2.74. The highest BCUT2D eigenvalue weighted by Crippen LogP contribution is 2.46. The van der Waals surface area contributed by atoms with Gasteiger partial charge in [0.2, 0.25) is 17.5 Å². The largest absolute Gasteiger partial charge is 0.452 e. The van der Waals surface area contributed by atoms with Crippen molar-refractivity contribution in [2.24, 2.45) is 12.5 Å². The van der Waals surface area contributed by atoms with Crippen molar-refractivity contribution >= 4 is 81.4 Å². The first-order chi connectivity index (χ1) is 22.8. The molecule has 2 N–H and O–H groups in total. The molecule has 2 aliphatic heterocycles. The van der Waals surface area contributed by atoms with Gasteiger partial charge in [0.1, 0.15) is 16.8 Å². The van der Waals surface area contributed by atoms with Crippen LogP contribution in [-0.4, -0.2) is 83.8 Å². The van der Waals surface area contributed by atoms with Crippen LogP contribution in [0.2, 0.25) is 0 Å². The highest BCUT2D eigenvalue weighted by molar-refractivity contribution is 8.00. The molecule has 4 heterocycles. The second-order valence-electron chi connectivity index (χ2n) is 10.7. The summed E-state index contributed by atoms with van der Waals surface area (Å²) in [4.78, 5) is 57.6. The summed E-state index contributed by atoms with van der Waals surface area (Å²) in [6.45, 7) is 0.0777. The minimum absolute atomic E-state index is 0.0494. The van der Waals surface area contributed by atoms with E-state index in [9.17, 15) is 19.2 Å². The van der Waals surface area contributed by atoms with Crippen molar-refractivity contribution < 1.29 is 23.9 Å². The Labute approximate surface area is 286 Å². The van der Waals surface area contributed by atoms with Gasteiger partial charge in [0.05, 0.1) is 11.3 Å². The number of thiazole rings is 1. The van der Waals surface area contributed by atoms with Crippen LogP contribution < -0.4 is 10.6 Å². The molecule has 0 spiro atoms. The van der Waals surface area contributed by atoms with E-state index in [-0.39, 0.29) is 29.5 Å². The number of esters is 1.